The lowest BCUT2D eigenvalue weighted by Gasteiger charge is -2.04. The third kappa shape index (κ3) is 2.45. The molecule has 0 saturated carbocycles. The molecule has 0 radical (unpaired) electrons. The molecule has 1 aromatic heterocycles. The number of anilines is 1. The van der Waals surface area contributed by atoms with E-state index in [9.17, 15) is 4.79 Å². The quantitative estimate of drug-likeness (QED) is 0.831. The van der Waals surface area contributed by atoms with Gasteiger partial charge in [-0.3, -0.25) is 9.78 Å². The molecule has 3 heteroatoms. The van der Waals surface area contributed by atoms with Gasteiger partial charge in [0.25, 0.3) is 5.91 Å². The lowest BCUT2D eigenvalue weighted by molar-refractivity contribution is 0.102. The predicted octanol–water partition coefficient (Wildman–Crippen LogP) is 2.64. The van der Waals surface area contributed by atoms with E-state index in [0.29, 0.717) is 11.3 Å². The van der Waals surface area contributed by atoms with E-state index in [0.717, 1.165) is 5.69 Å². The highest BCUT2D eigenvalue weighted by Gasteiger charge is 2.04. The molecule has 0 unspecified atom stereocenters. The molecule has 1 heterocycles. The number of aryl methyl sites for hydroxylation is 1. The van der Waals surface area contributed by atoms with Gasteiger partial charge in [-0.25, -0.2) is 0 Å². The van der Waals surface area contributed by atoms with Crippen LogP contribution in [0.3, 0.4) is 0 Å². The largest absolute Gasteiger partial charge is 0.321 e. The minimum atomic E-state index is -0.119. The highest BCUT2D eigenvalue weighted by Crippen LogP contribution is 2.08. The molecule has 1 aromatic carbocycles. The molecule has 2 rings (SSSR count). The molecular weight excluding hydrogens is 200 g/mol. The van der Waals surface area contributed by atoms with Gasteiger partial charge in [-0.05, 0) is 31.2 Å². The summed E-state index contributed by atoms with van der Waals surface area (Å²) in [7, 11) is 0. The second-order valence-corrected chi connectivity index (χ2v) is 3.51. The van der Waals surface area contributed by atoms with Crippen LogP contribution in [0.1, 0.15) is 16.1 Å². The van der Waals surface area contributed by atoms with E-state index in [4.69, 9.17) is 0 Å². The molecule has 80 valence electrons. The molecule has 3 nitrogen and oxygen atoms in total. The van der Waals surface area contributed by atoms with Gasteiger partial charge in [0.05, 0.1) is 11.9 Å². The number of hydrogen-bond donors (Lipinski definition) is 1. The molecule has 0 saturated heterocycles. The first kappa shape index (κ1) is 10.4. The monoisotopic (exact) mass is 212 g/mol. The number of hydrogen-bond acceptors (Lipinski definition) is 2. The fourth-order valence-corrected chi connectivity index (χ4v) is 1.33. The number of aromatic nitrogens is 1. The number of benzene rings is 1. The van der Waals surface area contributed by atoms with Gasteiger partial charge in [0.2, 0.25) is 0 Å². The van der Waals surface area contributed by atoms with Crippen LogP contribution in [0.2, 0.25) is 0 Å². The van der Waals surface area contributed by atoms with Gasteiger partial charge < -0.3 is 5.32 Å². The highest BCUT2D eigenvalue weighted by molar-refractivity contribution is 6.04. The summed E-state index contributed by atoms with van der Waals surface area (Å²) in [6, 6.07) is 12.8. The van der Waals surface area contributed by atoms with Crippen molar-refractivity contribution in [1.82, 2.24) is 4.98 Å². The maximum atomic E-state index is 11.8. The Kier molecular flexibility index (Phi) is 2.96. The number of rotatable bonds is 2. The van der Waals surface area contributed by atoms with Crippen LogP contribution in [-0.4, -0.2) is 10.9 Å². The van der Waals surface area contributed by atoms with Crippen molar-refractivity contribution in [2.24, 2.45) is 0 Å². The second kappa shape index (κ2) is 4.57. The van der Waals surface area contributed by atoms with Crippen LogP contribution in [0.4, 0.5) is 5.69 Å². The molecule has 1 N–H and O–H groups in total. The zero-order chi connectivity index (χ0) is 11.4. The molecular formula is C13H12N2O. The van der Waals surface area contributed by atoms with E-state index in [1.54, 1.807) is 18.3 Å². The summed E-state index contributed by atoms with van der Waals surface area (Å²) in [5, 5.41) is 2.78. The van der Waals surface area contributed by atoms with Gasteiger partial charge >= 0.3 is 0 Å². The van der Waals surface area contributed by atoms with Crippen molar-refractivity contribution in [1.29, 1.82) is 0 Å². The van der Waals surface area contributed by atoms with E-state index >= 15 is 0 Å². The first-order valence-electron chi connectivity index (χ1n) is 5.05. The van der Waals surface area contributed by atoms with Crippen molar-refractivity contribution in [3.05, 3.63) is 59.9 Å². The molecule has 0 fully saturated rings. The summed E-state index contributed by atoms with van der Waals surface area (Å²) in [5.41, 5.74) is 2.28. The van der Waals surface area contributed by atoms with Crippen molar-refractivity contribution in [3.63, 3.8) is 0 Å². The molecule has 0 aliphatic carbocycles. The van der Waals surface area contributed by atoms with Gasteiger partial charge in [0, 0.05) is 11.3 Å². The molecule has 2 aromatic rings. The minimum Gasteiger partial charge on any atom is -0.321 e. The minimum absolute atomic E-state index is 0.119. The van der Waals surface area contributed by atoms with Gasteiger partial charge in [0.15, 0.2) is 0 Å². The topological polar surface area (TPSA) is 42.0 Å². The van der Waals surface area contributed by atoms with E-state index in [1.807, 2.05) is 37.3 Å². The fourth-order valence-electron chi connectivity index (χ4n) is 1.33. The van der Waals surface area contributed by atoms with Crippen molar-refractivity contribution >= 4 is 11.6 Å². The average Bonchev–Trinajstić information content (AvgIpc) is 2.33. The smallest absolute Gasteiger partial charge is 0.255 e. The van der Waals surface area contributed by atoms with E-state index in [2.05, 4.69) is 10.3 Å². The Morgan fingerprint density at radius 3 is 2.50 bits per heavy atom. The Morgan fingerprint density at radius 2 is 1.88 bits per heavy atom. The van der Waals surface area contributed by atoms with Crippen LogP contribution in [0.25, 0.3) is 0 Å². The number of carbonyl (C=O) groups is 1. The van der Waals surface area contributed by atoms with Crippen molar-refractivity contribution in [2.75, 3.05) is 5.32 Å². The summed E-state index contributed by atoms with van der Waals surface area (Å²) < 4.78 is 0. The van der Waals surface area contributed by atoms with Crippen molar-refractivity contribution in [2.45, 2.75) is 6.92 Å². The standard InChI is InChI=1S/C13H12N2O/c1-10-7-8-12(9-14-10)15-13(16)11-5-3-2-4-6-11/h2-9H,1H3,(H,15,16). The number of carbonyl (C=O) groups excluding carboxylic acids is 1. The van der Waals surface area contributed by atoms with Crippen LogP contribution in [-0.2, 0) is 0 Å². The summed E-state index contributed by atoms with van der Waals surface area (Å²) in [4.78, 5) is 15.9. The Bertz CT molecular complexity index is 477. The predicted molar refractivity (Wildman–Crippen MR) is 63.4 cm³/mol. The Labute approximate surface area is 94.1 Å². The molecule has 16 heavy (non-hydrogen) atoms. The molecule has 1 amide bonds. The Hall–Kier alpha value is -2.16. The fraction of sp³-hybridized carbons (Fsp3) is 0.0769. The molecule has 0 atom stereocenters. The van der Waals surface area contributed by atoms with Crippen molar-refractivity contribution < 1.29 is 4.79 Å². The third-order valence-corrected chi connectivity index (χ3v) is 2.21. The number of pyridine rings is 1. The summed E-state index contributed by atoms with van der Waals surface area (Å²) >= 11 is 0. The summed E-state index contributed by atoms with van der Waals surface area (Å²) in [6.07, 6.45) is 1.65. The zero-order valence-electron chi connectivity index (χ0n) is 8.97. The SMILES string of the molecule is Cc1ccc(NC(=O)c2ccccc2)cn1. The molecule has 0 bridgehead atoms. The molecule has 0 spiro atoms. The number of nitrogens with one attached hydrogen (secondary N) is 1. The first-order valence-corrected chi connectivity index (χ1v) is 5.05. The summed E-state index contributed by atoms with van der Waals surface area (Å²) in [5.74, 6) is -0.119. The van der Waals surface area contributed by atoms with Gasteiger partial charge in [-0.15, -0.1) is 0 Å². The first-order chi connectivity index (χ1) is 7.75. The Balaban J connectivity index is 2.11. The molecule has 0 aliphatic rings. The Morgan fingerprint density at radius 1 is 1.12 bits per heavy atom. The number of amides is 1. The molecule has 0 aliphatic heterocycles. The van der Waals surface area contributed by atoms with Crippen molar-refractivity contribution in [3.8, 4) is 0 Å². The maximum Gasteiger partial charge on any atom is 0.255 e. The maximum absolute atomic E-state index is 11.8. The second-order valence-electron chi connectivity index (χ2n) is 3.51. The normalized spacial score (nSPS) is 9.81. The summed E-state index contributed by atoms with van der Waals surface area (Å²) in [6.45, 7) is 1.91. The van der Waals surface area contributed by atoms with E-state index in [-0.39, 0.29) is 5.91 Å². The van der Waals surface area contributed by atoms with Crippen LogP contribution in [0, 0.1) is 6.92 Å². The van der Waals surface area contributed by atoms with Gasteiger partial charge in [0.1, 0.15) is 0 Å². The number of nitrogens with zero attached hydrogens (tertiary/aromatic N) is 1. The lowest BCUT2D eigenvalue weighted by atomic mass is 10.2. The van der Waals surface area contributed by atoms with Gasteiger partial charge in [-0.2, -0.15) is 0 Å². The van der Waals surface area contributed by atoms with Crippen LogP contribution >= 0.6 is 0 Å². The van der Waals surface area contributed by atoms with Crippen LogP contribution < -0.4 is 5.32 Å². The van der Waals surface area contributed by atoms with Gasteiger partial charge in [-0.1, -0.05) is 18.2 Å². The third-order valence-electron chi connectivity index (χ3n) is 2.21. The van der Waals surface area contributed by atoms with E-state index in [1.165, 1.54) is 0 Å². The average molecular weight is 212 g/mol. The highest BCUT2D eigenvalue weighted by atomic mass is 16.1. The zero-order valence-corrected chi connectivity index (χ0v) is 8.97. The van der Waals surface area contributed by atoms with Crippen LogP contribution in [0.15, 0.2) is 48.7 Å². The lowest BCUT2D eigenvalue weighted by Crippen LogP contribution is -2.11. The van der Waals surface area contributed by atoms with E-state index < -0.39 is 0 Å². The van der Waals surface area contributed by atoms with Crippen LogP contribution in [0.5, 0.6) is 0 Å².